The van der Waals surface area contributed by atoms with E-state index in [9.17, 15) is 4.79 Å². The van der Waals surface area contributed by atoms with Crippen LogP contribution in [0.5, 0.6) is 11.5 Å². The summed E-state index contributed by atoms with van der Waals surface area (Å²) in [6.45, 7) is 2.51. The zero-order valence-corrected chi connectivity index (χ0v) is 14.3. The maximum Gasteiger partial charge on any atom is 0.255 e. The molecule has 4 rings (SSSR count). The molecule has 2 aliphatic rings. The number of likely N-dealkylation sites (N-methyl/N-ethyl adjacent to an activating group) is 1. The molecule has 5 nitrogen and oxygen atoms in total. The molecule has 0 bridgehead atoms. The standard InChI is InChI=1S/C20H22N2O3/c1-22-13-15-6-3-2-5-14(15)11-16(22)12-21-20(23)17-7-4-8-18-19(17)25-10-9-24-18/h2-8,16H,9-13H2,1H3,(H,21,23)/t16-/m0/s1. The number of carbonyl (C=O) groups is 1. The maximum absolute atomic E-state index is 12.6. The third-order valence-electron chi connectivity index (χ3n) is 4.93. The molecule has 0 fully saturated rings. The lowest BCUT2D eigenvalue weighted by Crippen LogP contribution is -2.45. The number of hydrogen-bond donors (Lipinski definition) is 1. The molecule has 2 aromatic carbocycles. The minimum atomic E-state index is -0.116. The number of para-hydroxylation sites is 1. The molecule has 0 radical (unpaired) electrons. The summed E-state index contributed by atoms with van der Waals surface area (Å²) in [5, 5.41) is 3.06. The average Bonchev–Trinajstić information content (AvgIpc) is 2.65. The van der Waals surface area contributed by atoms with Crippen LogP contribution in [0.25, 0.3) is 0 Å². The Labute approximate surface area is 147 Å². The van der Waals surface area contributed by atoms with E-state index in [1.54, 1.807) is 6.07 Å². The van der Waals surface area contributed by atoms with Crippen molar-refractivity contribution in [3.05, 3.63) is 59.2 Å². The van der Waals surface area contributed by atoms with Crippen molar-refractivity contribution in [2.24, 2.45) is 0 Å². The van der Waals surface area contributed by atoms with Crippen molar-refractivity contribution in [2.75, 3.05) is 26.8 Å². The van der Waals surface area contributed by atoms with Crippen molar-refractivity contribution in [3.63, 3.8) is 0 Å². The van der Waals surface area contributed by atoms with Gasteiger partial charge in [-0.25, -0.2) is 0 Å². The number of ether oxygens (including phenoxy) is 2. The lowest BCUT2D eigenvalue weighted by atomic mass is 9.94. The van der Waals surface area contributed by atoms with Crippen molar-refractivity contribution in [1.29, 1.82) is 0 Å². The van der Waals surface area contributed by atoms with Gasteiger partial charge in [0.1, 0.15) is 13.2 Å². The second kappa shape index (κ2) is 6.76. The fraction of sp³-hybridized carbons (Fsp3) is 0.350. The lowest BCUT2D eigenvalue weighted by Gasteiger charge is -2.34. The van der Waals surface area contributed by atoms with E-state index < -0.39 is 0 Å². The first-order valence-corrected chi connectivity index (χ1v) is 8.66. The van der Waals surface area contributed by atoms with Crippen LogP contribution in [0.2, 0.25) is 0 Å². The number of nitrogens with zero attached hydrogens (tertiary/aromatic N) is 1. The lowest BCUT2D eigenvalue weighted by molar-refractivity contribution is 0.0923. The van der Waals surface area contributed by atoms with Gasteiger partial charge in [-0.15, -0.1) is 0 Å². The van der Waals surface area contributed by atoms with Crippen LogP contribution in [0.15, 0.2) is 42.5 Å². The third kappa shape index (κ3) is 3.20. The Morgan fingerprint density at radius 2 is 1.92 bits per heavy atom. The highest BCUT2D eigenvalue weighted by Gasteiger charge is 2.25. The number of benzene rings is 2. The Balaban J connectivity index is 1.44. The van der Waals surface area contributed by atoms with Crippen LogP contribution in [0.3, 0.4) is 0 Å². The first-order valence-electron chi connectivity index (χ1n) is 8.66. The fourth-order valence-corrected chi connectivity index (χ4v) is 3.50. The molecular weight excluding hydrogens is 316 g/mol. The third-order valence-corrected chi connectivity index (χ3v) is 4.93. The Hall–Kier alpha value is -2.53. The molecule has 2 aromatic rings. The van der Waals surface area contributed by atoms with Crippen LogP contribution in [-0.2, 0) is 13.0 Å². The minimum Gasteiger partial charge on any atom is -0.486 e. The number of hydrogen-bond acceptors (Lipinski definition) is 4. The summed E-state index contributed by atoms with van der Waals surface area (Å²) in [5.41, 5.74) is 3.28. The van der Waals surface area contributed by atoms with E-state index in [2.05, 4.69) is 41.5 Å². The summed E-state index contributed by atoms with van der Waals surface area (Å²) in [6, 6.07) is 14.2. The van der Waals surface area contributed by atoms with E-state index in [-0.39, 0.29) is 11.9 Å². The number of amides is 1. The normalized spacial score (nSPS) is 19.2. The Bertz CT molecular complexity index is 790. The summed E-state index contributed by atoms with van der Waals surface area (Å²) < 4.78 is 11.2. The zero-order chi connectivity index (χ0) is 17.2. The molecule has 1 atom stereocenters. The zero-order valence-electron chi connectivity index (χ0n) is 14.3. The maximum atomic E-state index is 12.6. The number of carbonyl (C=O) groups excluding carboxylic acids is 1. The van der Waals surface area contributed by atoms with Crippen LogP contribution in [0.1, 0.15) is 21.5 Å². The van der Waals surface area contributed by atoms with Crippen LogP contribution < -0.4 is 14.8 Å². The molecule has 130 valence electrons. The van der Waals surface area contributed by atoms with Crippen LogP contribution in [0.4, 0.5) is 0 Å². The van der Waals surface area contributed by atoms with E-state index in [0.29, 0.717) is 36.8 Å². The van der Waals surface area contributed by atoms with Gasteiger partial charge in [0.15, 0.2) is 11.5 Å². The minimum absolute atomic E-state index is 0.116. The molecule has 2 heterocycles. The quantitative estimate of drug-likeness (QED) is 0.933. The van der Waals surface area contributed by atoms with Crippen molar-refractivity contribution in [1.82, 2.24) is 10.2 Å². The number of nitrogens with one attached hydrogen (secondary N) is 1. The predicted octanol–water partition coefficient (Wildman–Crippen LogP) is 2.24. The Kier molecular flexibility index (Phi) is 4.32. The molecule has 1 N–H and O–H groups in total. The van der Waals surface area contributed by atoms with Crippen molar-refractivity contribution < 1.29 is 14.3 Å². The largest absolute Gasteiger partial charge is 0.486 e. The first kappa shape index (κ1) is 16.0. The van der Waals surface area contributed by atoms with Gasteiger partial charge in [-0.1, -0.05) is 30.3 Å². The van der Waals surface area contributed by atoms with Crippen molar-refractivity contribution >= 4 is 5.91 Å². The van der Waals surface area contributed by atoms with E-state index in [1.807, 2.05) is 12.1 Å². The molecular formula is C20H22N2O3. The molecule has 25 heavy (non-hydrogen) atoms. The monoisotopic (exact) mass is 338 g/mol. The van der Waals surface area contributed by atoms with Gasteiger partial charge in [0.2, 0.25) is 0 Å². The van der Waals surface area contributed by atoms with Crippen molar-refractivity contribution in [3.8, 4) is 11.5 Å². The highest BCUT2D eigenvalue weighted by Crippen LogP contribution is 2.33. The first-order chi connectivity index (χ1) is 12.2. The summed E-state index contributed by atoms with van der Waals surface area (Å²) in [5.74, 6) is 1.07. The molecule has 2 aliphatic heterocycles. The van der Waals surface area contributed by atoms with Crippen LogP contribution in [0, 0.1) is 0 Å². The number of fused-ring (bicyclic) bond motifs is 2. The molecule has 0 unspecified atom stereocenters. The molecule has 1 amide bonds. The van der Waals surface area contributed by atoms with Gasteiger partial charge in [-0.2, -0.15) is 0 Å². The van der Waals surface area contributed by atoms with Crippen LogP contribution >= 0.6 is 0 Å². The molecule has 0 saturated carbocycles. The predicted molar refractivity (Wildman–Crippen MR) is 95.2 cm³/mol. The van der Waals surface area contributed by atoms with E-state index in [0.717, 1.165) is 13.0 Å². The molecule has 0 aliphatic carbocycles. The Morgan fingerprint density at radius 1 is 1.12 bits per heavy atom. The van der Waals surface area contributed by atoms with Gasteiger partial charge >= 0.3 is 0 Å². The second-order valence-electron chi connectivity index (χ2n) is 6.58. The van der Waals surface area contributed by atoms with E-state index >= 15 is 0 Å². The summed E-state index contributed by atoms with van der Waals surface area (Å²) in [7, 11) is 2.11. The van der Waals surface area contributed by atoms with Crippen molar-refractivity contribution in [2.45, 2.75) is 19.0 Å². The molecule has 5 heteroatoms. The number of rotatable bonds is 3. The average molecular weight is 338 g/mol. The summed E-state index contributed by atoms with van der Waals surface area (Å²) in [6.07, 6.45) is 0.944. The SMILES string of the molecule is CN1Cc2ccccc2C[C@H]1CNC(=O)c1cccc2c1OCCO2. The highest BCUT2D eigenvalue weighted by atomic mass is 16.6. The fourth-order valence-electron chi connectivity index (χ4n) is 3.50. The molecule has 0 aromatic heterocycles. The van der Waals surface area contributed by atoms with Gasteiger partial charge < -0.3 is 14.8 Å². The van der Waals surface area contributed by atoms with Crippen LogP contribution in [-0.4, -0.2) is 43.7 Å². The Morgan fingerprint density at radius 3 is 2.80 bits per heavy atom. The summed E-state index contributed by atoms with van der Waals surface area (Å²) in [4.78, 5) is 14.9. The second-order valence-corrected chi connectivity index (χ2v) is 6.58. The smallest absolute Gasteiger partial charge is 0.255 e. The molecule has 0 saturated heterocycles. The van der Waals surface area contributed by atoms with E-state index in [1.165, 1.54) is 11.1 Å². The van der Waals surface area contributed by atoms with Gasteiger partial charge in [-0.3, -0.25) is 9.69 Å². The topological polar surface area (TPSA) is 50.8 Å². The highest BCUT2D eigenvalue weighted by molar-refractivity contribution is 5.97. The van der Waals surface area contributed by atoms with Gasteiger partial charge in [0.05, 0.1) is 5.56 Å². The van der Waals surface area contributed by atoms with Gasteiger partial charge in [0.25, 0.3) is 5.91 Å². The molecule has 0 spiro atoms. The summed E-state index contributed by atoms with van der Waals surface area (Å²) >= 11 is 0. The van der Waals surface area contributed by atoms with Gasteiger partial charge in [0, 0.05) is 19.1 Å². The van der Waals surface area contributed by atoms with Gasteiger partial charge in [-0.05, 0) is 36.7 Å². The van der Waals surface area contributed by atoms with E-state index in [4.69, 9.17) is 9.47 Å².